The van der Waals surface area contributed by atoms with Crippen LogP contribution in [0.5, 0.6) is 5.75 Å². The number of thioether (sulfide) groups is 1. The number of non-ortho nitro benzene ring substituents is 1. The summed E-state index contributed by atoms with van der Waals surface area (Å²) in [6.07, 6.45) is 0. The predicted octanol–water partition coefficient (Wildman–Crippen LogP) is 3.94. The molecule has 2 aromatic rings. The molecule has 0 aliphatic carbocycles. The van der Waals surface area contributed by atoms with Gasteiger partial charge in [-0.3, -0.25) is 10.1 Å². The Morgan fingerprint density at radius 1 is 1.29 bits per heavy atom. The highest BCUT2D eigenvalue weighted by Gasteiger charge is 2.12. The van der Waals surface area contributed by atoms with Gasteiger partial charge < -0.3 is 14.5 Å². The summed E-state index contributed by atoms with van der Waals surface area (Å²) in [4.78, 5) is 10.4. The molecule has 24 heavy (non-hydrogen) atoms. The number of alkyl halides is 2. The Kier molecular flexibility index (Phi) is 6.56. The number of hydrogen-bond donors (Lipinski definition) is 1. The number of benzene rings is 1. The second-order valence-corrected chi connectivity index (χ2v) is 5.77. The fourth-order valence-corrected chi connectivity index (χ4v) is 2.52. The Balaban J connectivity index is 1.92. The quantitative estimate of drug-likeness (QED) is 0.540. The van der Waals surface area contributed by atoms with E-state index >= 15 is 0 Å². The van der Waals surface area contributed by atoms with Gasteiger partial charge in [-0.2, -0.15) is 8.78 Å². The minimum atomic E-state index is -2.43. The first-order valence-corrected chi connectivity index (χ1v) is 8.04. The zero-order valence-corrected chi connectivity index (χ0v) is 13.6. The highest BCUT2D eigenvalue weighted by atomic mass is 32.2. The van der Waals surface area contributed by atoms with Crippen molar-refractivity contribution in [2.45, 2.75) is 24.6 Å². The molecular formula is C15H16F2N2O4S. The summed E-state index contributed by atoms with van der Waals surface area (Å²) in [5.74, 6) is -0.704. The first kappa shape index (κ1) is 18.2. The van der Waals surface area contributed by atoms with Crippen LogP contribution in [-0.2, 0) is 18.8 Å². The molecule has 0 aliphatic heterocycles. The maximum absolute atomic E-state index is 12.1. The van der Waals surface area contributed by atoms with Crippen molar-refractivity contribution in [3.63, 3.8) is 0 Å². The van der Waals surface area contributed by atoms with Gasteiger partial charge in [-0.25, -0.2) is 0 Å². The zero-order chi connectivity index (χ0) is 17.5. The van der Waals surface area contributed by atoms with Crippen LogP contribution in [-0.4, -0.2) is 17.8 Å². The topological polar surface area (TPSA) is 77.5 Å². The maximum Gasteiger partial charge on any atom is 0.284 e. The molecule has 0 unspecified atom stereocenters. The minimum absolute atomic E-state index is 0.0168. The fraction of sp³-hybridized carbons (Fsp3) is 0.333. The standard InChI is InChI=1S/C15H16F2N2O4S/c1-22-14-5-2-11(19(20)21)6-10(14)7-18-8-12-3-4-13(23-12)9-24-15(16)17/h2-6,15,18H,7-9H2,1H3. The molecule has 0 bridgehead atoms. The number of nitro benzene ring substituents is 1. The number of halogens is 2. The average molecular weight is 358 g/mol. The van der Waals surface area contributed by atoms with E-state index in [4.69, 9.17) is 9.15 Å². The van der Waals surface area contributed by atoms with E-state index in [9.17, 15) is 18.9 Å². The zero-order valence-electron chi connectivity index (χ0n) is 12.8. The monoisotopic (exact) mass is 358 g/mol. The predicted molar refractivity (Wildman–Crippen MR) is 86.2 cm³/mol. The Bertz CT molecular complexity index is 694. The molecule has 2 rings (SSSR count). The van der Waals surface area contributed by atoms with Crippen molar-refractivity contribution < 1.29 is 22.9 Å². The summed E-state index contributed by atoms with van der Waals surface area (Å²) in [5, 5.41) is 13.9. The lowest BCUT2D eigenvalue weighted by molar-refractivity contribution is -0.384. The molecule has 9 heteroatoms. The Morgan fingerprint density at radius 3 is 2.71 bits per heavy atom. The number of hydrogen-bond acceptors (Lipinski definition) is 6. The van der Waals surface area contributed by atoms with Gasteiger partial charge in [0.1, 0.15) is 17.3 Å². The summed E-state index contributed by atoms with van der Waals surface area (Å²) < 4.78 is 34.9. The number of furan rings is 1. The van der Waals surface area contributed by atoms with E-state index < -0.39 is 10.7 Å². The first-order valence-electron chi connectivity index (χ1n) is 6.99. The van der Waals surface area contributed by atoms with E-state index in [1.54, 1.807) is 18.2 Å². The minimum Gasteiger partial charge on any atom is -0.496 e. The molecule has 0 fully saturated rings. The molecule has 1 aromatic heterocycles. The molecular weight excluding hydrogens is 342 g/mol. The Labute approximate surface area is 141 Å². The molecule has 0 saturated carbocycles. The van der Waals surface area contributed by atoms with Gasteiger partial charge in [-0.05, 0) is 18.2 Å². The normalized spacial score (nSPS) is 11.0. The number of rotatable bonds is 9. The lowest BCUT2D eigenvalue weighted by Gasteiger charge is -2.09. The van der Waals surface area contributed by atoms with Gasteiger partial charge in [-0.1, -0.05) is 11.8 Å². The molecule has 0 aliphatic rings. The SMILES string of the molecule is COc1ccc([N+](=O)[O-])cc1CNCc1ccc(CSC(F)F)o1. The van der Waals surface area contributed by atoms with Crippen LogP contribution in [0.3, 0.4) is 0 Å². The van der Waals surface area contributed by atoms with E-state index in [-0.39, 0.29) is 11.4 Å². The van der Waals surface area contributed by atoms with E-state index in [1.807, 2.05) is 0 Å². The molecule has 130 valence electrons. The number of nitro groups is 1. The second kappa shape index (κ2) is 8.65. The molecule has 0 saturated heterocycles. The lowest BCUT2D eigenvalue weighted by atomic mass is 10.1. The van der Waals surface area contributed by atoms with Crippen molar-refractivity contribution in [3.05, 3.63) is 57.5 Å². The van der Waals surface area contributed by atoms with Crippen molar-refractivity contribution in [2.75, 3.05) is 7.11 Å². The summed E-state index contributed by atoms with van der Waals surface area (Å²) in [6, 6.07) is 7.72. The summed E-state index contributed by atoms with van der Waals surface area (Å²) in [7, 11) is 1.49. The van der Waals surface area contributed by atoms with Gasteiger partial charge in [0.25, 0.3) is 11.4 Å². The van der Waals surface area contributed by atoms with Crippen LogP contribution in [0.15, 0.2) is 34.7 Å². The van der Waals surface area contributed by atoms with Gasteiger partial charge in [0, 0.05) is 24.2 Å². The van der Waals surface area contributed by atoms with Gasteiger partial charge in [0.05, 0.1) is 24.3 Å². The highest BCUT2D eigenvalue weighted by Crippen LogP contribution is 2.24. The second-order valence-electron chi connectivity index (χ2n) is 4.80. The van der Waals surface area contributed by atoms with Crippen molar-refractivity contribution in [3.8, 4) is 5.75 Å². The van der Waals surface area contributed by atoms with Crippen LogP contribution < -0.4 is 10.1 Å². The number of methoxy groups -OCH3 is 1. The maximum atomic E-state index is 12.1. The summed E-state index contributed by atoms with van der Waals surface area (Å²) in [6.45, 7) is 0.706. The third kappa shape index (κ3) is 5.20. The largest absolute Gasteiger partial charge is 0.496 e. The van der Waals surface area contributed by atoms with Gasteiger partial charge >= 0.3 is 0 Å². The van der Waals surface area contributed by atoms with Crippen LogP contribution >= 0.6 is 11.8 Å². The van der Waals surface area contributed by atoms with Crippen molar-refractivity contribution in [1.29, 1.82) is 0 Å². The van der Waals surface area contributed by atoms with Crippen molar-refractivity contribution >= 4 is 17.4 Å². The van der Waals surface area contributed by atoms with Crippen LogP contribution in [0.1, 0.15) is 17.1 Å². The van der Waals surface area contributed by atoms with E-state index in [0.29, 0.717) is 47.7 Å². The molecule has 1 aromatic carbocycles. The lowest BCUT2D eigenvalue weighted by Crippen LogP contribution is -2.13. The Hall–Kier alpha value is -2.13. The molecule has 0 atom stereocenters. The van der Waals surface area contributed by atoms with E-state index in [1.165, 1.54) is 19.2 Å². The summed E-state index contributed by atoms with van der Waals surface area (Å²) in [5.41, 5.74) is 0.628. The van der Waals surface area contributed by atoms with Gasteiger partial charge in [0.15, 0.2) is 0 Å². The van der Waals surface area contributed by atoms with Crippen LogP contribution in [0.4, 0.5) is 14.5 Å². The van der Waals surface area contributed by atoms with Crippen LogP contribution in [0, 0.1) is 10.1 Å². The van der Waals surface area contributed by atoms with Crippen molar-refractivity contribution in [2.24, 2.45) is 0 Å². The number of nitrogens with one attached hydrogen (secondary N) is 1. The van der Waals surface area contributed by atoms with Crippen LogP contribution in [0.2, 0.25) is 0 Å². The Morgan fingerprint density at radius 2 is 2.04 bits per heavy atom. The van der Waals surface area contributed by atoms with Crippen LogP contribution in [0.25, 0.3) is 0 Å². The highest BCUT2D eigenvalue weighted by molar-refractivity contribution is 7.98. The van der Waals surface area contributed by atoms with Crippen molar-refractivity contribution in [1.82, 2.24) is 5.32 Å². The first-order chi connectivity index (χ1) is 11.5. The number of nitrogens with zero attached hydrogens (tertiary/aromatic N) is 1. The average Bonchev–Trinajstić information content (AvgIpc) is 3.00. The molecule has 1 heterocycles. The third-order valence-electron chi connectivity index (χ3n) is 3.16. The molecule has 1 N–H and O–H groups in total. The summed E-state index contributed by atoms with van der Waals surface area (Å²) >= 11 is 0.500. The number of ether oxygens (including phenoxy) is 1. The molecule has 6 nitrogen and oxygen atoms in total. The van der Waals surface area contributed by atoms with E-state index in [0.717, 1.165) is 0 Å². The smallest absolute Gasteiger partial charge is 0.284 e. The fourth-order valence-electron chi connectivity index (χ4n) is 2.08. The molecule has 0 amide bonds. The van der Waals surface area contributed by atoms with E-state index in [2.05, 4.69) is 5.32 Å². The van der Waals surface area contributed by atoms with Gasteiger partial charge in [0.2, 0.25) is 0 Å². The molecule has 0 spiro atoms. The third-order valence-corrected chi connectivity index (χ3v) is 3.86. The van der Waals surface area contributed by atoms with Gasteiger partial charge in [-0.15, -0.1) is 0 Å². The molecule has 0 radical (unpaired) electrons.